The third kappa shape index (κ3) is 2.82. The molecule has 0 atom stereocenters. The van der Waals surface area contributed by atoms with E-state index in [1.54, 1.807) is 0 Å². The van der Waals surface area contributed by atoms with E-state index in [0.29, 0.717) is 11.4 Å². The van der Waals surface area contributed by atoms with Gasteiger partial charge in [-0.05, 0) is 30.3 Å². The molecule has 24 heavy (non-hydrogen) atoms. The molecule has 0 bridgehead atoms. The summed E-state index contributed by atoms with van der Waals surface area (Å²) in [5.41, 5.74) is 2.27. The fraction of sp³-hybridized carbons (Fsp3) is 0.0500. The lowest BCUT2D eigenvalue weighted by atomic mass is 10.1. The molecule has 3 aromatic carbocycles. The molecule has 0 spiro atoms. The van der Waals surface area contributed by atoms with Crippen LogP contribution < -0.4 is 10.1 Å². The van der Waals surface area contributed by atoms with E-state index in [4.69, 9.17) is 9.15 Å². The highest BCUT2D eigenvalue weighted by Crippen LogP contribution is 2.30. The Bertz CT molecular complexity index is 1010. The van der Waals surface area contributed by atoms with Crippen LogP contribution in [0.3, 0.4) is 0 Å². The van der Waals surface area contributed by atoms with Gasteiger partial charge in [0.25, 0.3) is 5.91 Å². The normalized spacial score (nSPS) is 10.8. The molecule has 4 aromatic rings. The van der Waals surface area contributed by atoms with Crippen molar-refractivity contribution in [2.24, 2.45) is 0 Å². The van der Waals surface area contributed by atoms with Crippen molar-refractivity contribution in [1.29, 1.82) is 0 Å². The minimum absolute atomic E-state index is 0.0395. The molecule has 1 heterocycles. The molecule has 1 amide bonds. The highest BCUT2D eigenvalue weighted by molar-refractivity contribution is 6.06. The van der Waals surface area contributed by atoms with Crippen molar-refractivity contribution in [2.45, 2.75) is 0 Å². The van der Waals surface area contributed by atoms with Gasteiger partial charge in [-0.3, -0.25) is 4.79 Å². The first-order valence-corrected chi connectivity index (χ1v) is 7.68. The van der Waals surface area contributed by atoms with Crippen LogP contribution in [0, 0.1) is 0 Å². The maximum Gasteiger partial charge on any atom is 0.262 e. The van der Waals surface area contributed by atoms with Crippen molar-refractivity contribution in [2.75, 3.05) is 11.9 Å². The van der Waals surface area contributed by atoms with E-state index < -0.39 is 0 Å². The van der Waals surface area contributed by atoms with E-state index in [9.17, 15) is 4.79 Å². The Kier molecular flexibility index (Phi) is 3.63. The first kappa shape index (κ1) is 14.3. The van der Waals surface area contributed by atoms with Gasteiger partial charge in [-0.1, -0.05) is 36.4 Å². The number of hydrogen-bond acceptors (Lipinski definition) is 3. The number of furan rings is 1. The number of hydrogen-bond donors (Lipinski definition) is 1. The maximum atomic E-state index is 12.0. The highest BCUT2D eigenvalue weighted by atomic mass is 16.5. The predicted molar refractivity (Wildman–Crippen MR) is 94.3 cm³/mol. The number of carbonyl (C=O) groups excluding carboxylic acids is 1. The molecule has 0 aliphatic heterocycles. The minimum atomic E-state index is -0.214. The van der Waals surface area contributed by atoms with Crippen molar-refractivity contribution < 1.29 is 13.9 Å². The van der Waals surface area contributed by atoms with Crippen molar-refractivity contribution in [1.82, 2.24) is 0 Å². The number of carbonyl (C=O) groups is 1. The standard InChI is InChI=1S/C20H15NO3/c22-20(13-23-15-6-2-1-3-7-15)21-14-10-11-17-16-8-4-5-9-18(16)24-19(17)12-14/h1-12H,13H2,(H,21,22). The van der Waals surface area contributed by atoms with Crippen molar-refractivity contribution in [3.8, 4) is 5.75 Å². The number of nitrogens with one attached hydrogen (secondary N) is 1. The Labute approximate surface area is 138 Å². The molecule has 0 aliphatic rings. The lowest BCUT2D eigenvalue weighted by Gasteiger charge is -2.07. The Morgan fingerprint density at radius 3 is 2.50 bits per heavy atom. The minimum Gasteiger partial charge on any atom is -0.484 e. The average Bonchev–Trinajstić information content (AvgIpc) is 2.98. The quantitative estimate of drug-likeness (QED) is 0.598. The van der Waals surface area contributed by atoms with Crippen LogP contribution in [0.2, 0.25) is 0 Å². The lowest BCUT2D eigenvalue weighted by Crippen LogP contribution is -2.20. The number of rotatable bonds is 4. The molecule has 0 radical (unpaired) electrons. The third-order valence-corrected chi connectivity index (χ3v) is 3.78. The van der Waals surface area contributed by atoms with E-state index in [-0.39, 0.29) is 12.5 Å². The average molecular weight is 317 g/mol. The smallest absolute Gasteiger partial charge is 0.262 e. The molecule has 118 valence electrons. The van der Waals surface area contributed by atoms with Crippen LogP contribution in [0.15, 0.2) is 77.2 Å². The summed E-state index contributed by atoms with van der Waals surface area (Å²) < 4.78 is 11.3. The lowest BCUT2D eigenvalue weighted by molar-refractivity contribution is -0.118. The van der Waals surface area contributed by atoms with Gasteiger partial charge in [0.1, 0.15) is 16.9 Å². The van der Waals surface area contributed by atoms with Gasteiger partial charge in [0.15, 0.2) is 6.61 Å². The van der Waals surface area contributed by atoms with Crippen LogP contribution in [0.4, 0.5) is 5.69 Å². The fourth-order valence-corrected chi connectivity index (χ4v) is 2.67. The first-order valence-electron chi connectivity index (χ1n) is 7.68. The number of para-hydroxylation sites is 2. The summed E-state index contributed by atoms with van der Waals surface area (Å²) in [5.74, 6) is 0.453. The third-order valence-electron chi connectivity index (χ3n) is 3.78. The number of ether oxygens (including phenoxy) is 1. The van der Waals surface area contributed by atoms with Crippen LogP contribution in [-0.4, -0.2) is 12.5 Å². The molecule has 0 saturated heterocycles. The largest absolute Gasteiger partial charge is 0.484 e. The summed E-state index contributed by atoms with van der Waals surface area (Å²) in [5, 5.41) is 4.92. The molecule has 4 heteroatoms. The van der Waals surface area contributed by atoms with Crippen LogP contribution in [0.1, 0.15) is 0 Å². The van der Waals surface area contributed by atoms with Gasteiger partial charge >= 0.3 is 0 Å². The summed E-state index contributed by atoms with van der Waals surface area (Å²) in [7, 11) is 0. The summed E-state index contributed by atoms with van der Waals surface area (Å²) in [6.07, 6.45) is 0. The zero-order chi connectivity index (χ0) is 16.4. The van der Waals surface area contributed by atoms with Gasteiger partial charge in [0, 0.05) is 22.5 Å². The second-order valence-corrected chi connectivity index (χ2v) is 5.46. The number of amides is 1. The van der Waals surface area contributed by atoms with Crippen LogP contribution in [0.25, 0.3) is 21.9 Å². The molecular weight excluding hydrogens is 302 g/mol. The number of benzene rings is 3. The summed E-state index contributed by atoms with van der Waals surface area (Å²) >= 11 is 0. The van der Waals surface area contributed by atoms with Gasteiger partial charge in [-0.2, -0.15) is 0 Å². The second-order valence-electron chi connectivity index (χ2n) is 5.46. The molecule has 4 nitrogen and oxygen atoms in total. The second kappa shape index (κ2) is 6.08. The molecular formula is C20H15NO3. The molecule has 0 fully saturated rings. The van der Waals surface area contributed by atoms with Crippen molar-refractivity contribution in [3.05, 3.63) is 72.8 Å². The first-order chi connectivity index (χ1) is 11.8. The molecule has 1 aromatic heterocycles. The van der Waals surface area contributed by atoms with Gasteiger partial charge in [-0.25, -0.2) is 0 Å². The van der Waals surface area contributed by atoms with E-state index in [2.05, 4.69) is 5.32 Å². The van der Waals surface area contributed by atoms with Crippen molar-refractivity contribution >= 4 is 33.5 Å². The summed E-state index contributed by atoms with van der Waals surface area (Å²) in [6, 6.07) is 22.8. The Balaban J connectivity index is 1.50. The van der Waals surface area contributed by atoms with Gasteiger partial charge in [0.05, 0.1) is 0 Å². The monoisotopic (exact) mass is 317 g/mol. The van der Waals surface area contributed by atoms with Crippen LogP contribution in [-0.2, 0) is 4.79 Å². The summed E-state index contributed by atoms with van der Waals surface area (Å²) in [6.45, 7) is -0.0395. The van der Waals surface area contributed by atoms with Crippen LogP contribution in [0.5, 0.6) is 5.75 Å². The highest BCUT2D eigenvalue weighted by Gasteiger charge is 2.09. The van der Waals surface area contributed by atoms with E-state index in [1.165, 1.54) is 0 Å². The predicted octanol–water partition coefficient (Wildman–Crippen LogP) is 4.60. The molecule has 0 saturated carbocycles. The molecule has 0 aliphatic carbocycles. The van der Waals surface area contributed by atoms with Crippen molar-refractivity contribution in [3.63, 3.8) is 0 Å². The number of anilines is 1. The SMILES string of the molecule is O=C(COc1ccccc1)Nc1ccc2c(c1)oc1ccccc12. The Morgan fingerprint density at radius 1 is 0.875 bits per heavy atom. The molecule has 4 rings (SSSR count). The fourth-order valence-electron chi connectivity index (χ4n) is 2.67. The van der Waals surface area contributed by atoms with E-state index >= 15 is 0 Å². The van der Waals surface area contributed by atoms with E-state index in [1.807, 2.05) is 72.8 Å². The summed E-state index contributed by atoms with van der Waals surface area (Å²) in [4.78, 5) is 12.0. The zero-order valence-corrected chi connectivity index (χ0v) is 12.9. The number of fused-ring (bicyclic) bond motifs is 3. The zero-order valence-electron chi connectivity index (χ0n) is 12.9. The van der Waals surface area contributed by atoms with Crippen LogP contribution >= 0.6 is 0 Å². The Hall–Kier alpha value is -3.27. The van der Waals surface area contributed by atoms with Gasteiger partial charge in [-0.15, -0.1) is 0 Å². The van der Waals surface area contributed by atoms with Gasteiger partial charge < -0.3 is 14.5 Å². The molecule has 1 N–H and O–H groups in total. The topological polar surface area (TPSA) is 51.5 Å². The van der Waals surface area contributed by atoms with Gasteiger partial charge in [0.2, 0.25) is 0 Å². The Morgan fingerprint density at radius 2 is 1.62 bits per heavy atom. The maximum absolute atomic E-state index is 12.0. The van der Waals surface area contributed by atoms with E-state index in [0.717, 1.165) is 21.9 Å². The molecule has 0 unspecified atom stereocenters.